The van der Waals surface area contributed by atoms with Gasteiger partial charge in [0.1, 0.15) is 0 Å². The molecule has 3 aromatic carbocycles. The Morgan fingerprint density at radius 3 is 2.11 bits per heavy atom. The van der Waals surface area contributed by atoms with Crippen LogP contribution < -0.4 is 10.6 Å². The molecule has 0 saturated carbocycles. The molecule has 2 amide bonds. The van der Waals surface area contributed by atoms with Gasteiger partial charge in [0.15, 0.2) is 0 Å². The van der Waals surface area contributed by atoms with Crippen molar-refractivity contribution in [3.8, 4) is 0 Å². The van der Waals surface area contributed by atoms with E-state index in [0.717, 1.165) is 5.56 Å². The number of hydrogen-bond acceptors (Lipinski definition) is 3. The van der Waals surface area contributed by atoms with Gasteiger partial charge in [-0.05, 0) is 55.5 Å². The van der Waals surface area contributed by atoms with Crippen molar-refractivity contribution < 1.29 is 19.5 Å². The summed E-state index contributed by atoms with van der Waals surface area (Å²) in [5.41, 5.74) is 2.66. The Labute approximate surface area is 161 Å². The van der Waals surface area contributed by atoms with E-state index in [1.165, 1.54) is 12.1 Å². The molecule has 0 bridgehead atoms. The maximum Gasteiger partial charge on any atom is 0.337 e. The Hall–Kier alpha value is -3.93. The molecule has 3 rings (SSSR count). The number of amides is 2. The number of carboxylic acid groups (broad SMARTS) is 1. The average molecular weight is 374 g/mol. The van der Waals surface area contributed by atoms with Gasteiger partial charge in [-0.2, -0.15) is 0 Å². The molecule has 0 atom stereocenters. The number of aryl methyl sites for hydroxylation is 1. The molecule has 0 radical (unpaired) electrons. The van der Waals surface area contributed by atoms with Gasteiger partial charge < -0.3 is 15.7 Å². The van der Waals surface area contributed by atoms with Gasteiger partial charge in [-0.25, -0.2) is 4.79 Å². The van der Waals surface area contributed by atoms with Gasteiger partial charge in [-0.15, -0.1) is 0 Å². The summed E-state index contributed by atoms with van der Waals surface area (Å²) in [6.45, 7) is 1.91. The van der Waals surface area contributed by atoms with E-state index in [4.69, 9.17) is 0 Å². The molecule has 28 heavy (non-hydrogen) atoms. The lowest BCUT2D eigenvalue weighted by Crippen LogP contribution is -2.15. The van der Waals surface area contributed by atoms with Crippen molar-refractivity contribution in [2.75, 3.05) is 10.6 Å². The molecule has 0 aliphatic heterocycles. The van der Waals surface area contributed by atoms with Gasteiger partial charge in [0.25, 0.3) is 11.8 Å². The van der Waals surface area contributed by atoms with E-state index in [2.05, 4.69) is 10.6 Å². The zero-order valence-corrected chi connectivity index (χ0v) is 15.1. The van der Waals surface area contributed by atoms with E-state index >= 15 is 0 Å². The van der Waals surface area contributed by atoms with Crippen LogP contribution in [0.15, 0.2) is 72.8 Å². The van der Waals surface area contributed by atoms with Gasteiger partial charge in [-0.3, -0.25) is 9.59 Å². The highest BCUT2D eigenvalue weighted by Gasteiger charge is 2.13. The zero-order valence-electron chi connectivity index (χ0n) is 15.1. The summed E-state index contributed by atoms with van der Waals surface area (Å²) in [5.74, 6) is -1.80. The van der Waals surface area contributed by atoms with Crippen molar-refractivity contribution in [1.29, 1.82) is 0 Å². The third-order valence-electron chi connectivity index (χ3n) is 4.09. The zero-order chi connectivity index (χ0) is 20.1. The Morgan fingerprint density at radius 2 is 1.43 bits per heavy atom. The van der Waals surface area contributed by atoms with Gasteiger partial charge in [-0.1, -0.05) is 29.8 Å². The third kappa shape index (κ3) is 4.42. The van der Waals surface area contributed by atoms with Crippen LogP contribution in [-0.2, 0) is 0 Å². The first kappa shape index (κ1) is 18.8. The fourth-order valence-corrected chi connectivity index (χ4v) is 2.67. The van der Waals surface area contributed by atoms with Gasteiger partial charge in [0, 0.05) is 16.8 Å². The molecule has 0 aliphatic rings. The summed E-state index contributed by atoms with van der Waals surface area (Å²) in [6.07, 6.45) is 0. The molecule has 0 unspecified atom stereocenters. The number of anilines is 2. The van der Waals surface area contributed by atoms with Crippen LogP contribution in [0.2, 0.25) is 0 Å². The number of hydrogen-bond donors (Lipinski definition) is 3. The fraction of sp³-hybridized carbons (Fsp3) is 0.0455. The van der Waals surface area contributed by atoms with Crippen molar-refractivity contribution in [3.63, 3.8) is 0 Å². The van der Waals surface area contributed by atoms with Gasteiger partial charge >= 0.3 is 5.97 Å². The average Bonchev–Trinajstić information content (AvgIpc) is 2.68. The molecule has 6 nitrogen and oxygen atoms in total. The lowest BCUT2D eigenvalue weighted by atomic mass is 10.1. The Bertz CT molecular complexity index is 1040. The molecule has 140 valence electrons. The number of carboxylic acids is 1. The largest absolute Gasteiger partial charge is 0.478 e. The minimum Gasteiger partial charge on any atom is -0.478 e. The maximum absolute atomic E-state index is 12.4. The van der Waals surface area contributed by atoms with Crippen molar-refractivity contribution >= 4 is 29.2 Å². The van der Waals surface area contributed by atoms with Crippen molar-refractivity contribution in [1.82, 2.24) is 0 Å². The summed E-state index contributed by atoms with van der Waals surface area (Å²) in [6, 6.07) is 19.8. The van der Waals surface area contributed by atoms with E-state index in [1.807, 2.05) is 19.1 Å². The highest BCUT2D eigenvalue weighted by Crippen LogP contribution is 2.17. The first-order valence-electron chi connectivity index (χ1n) is 8.56. The van der Waals surface area contributed by atoms with Crippen LogP contribution in [0.4, 0.5) is 11.4 Å². The van der Waals surface area contributed by atoms with E-state index in [0.29, 0.717) is 16.8 Å². The third-order valence-corrected chi connectivity index (χ3v) is 4.09. The smallest absolute Gasteiger partial charge is 0.337 e. The van der Waals surface area contributed by atoms with Crippen LogP contribution in [0.25, 0.3) is 0 Å². The van der Waals surface area contributed by atoms with Crippen LogP contribution >= 0.6 is 0 Å². The highest BCUT2D eigenvalue weighted by molar-refractivity contribution is 6.08. The fourth-order valence-electron chi connectivity index (χ4n) is 2.67. The number of benzene rings is 3. The first-order valence-corrected chi connectivity index (χ1v) is 8.56. The number of nitrogens with one attached hydrogen (secondary N) is 2. The predicted molar refractivity (Wildman–Crippen MR) is 107 cm³/mol. The minimum atomic E-state index is -1.12. The van der Waals surface area contributed by atoms with E-state index < -0.39 is 11.9 Å². The molecule has 0 fully saturated rings. The number of carbonyl (C=O) groups is 3. The molecule has 3 N–H and O–H groups in total. The molecular formula is C22H18N2O4. The lowest BCUT2D eigenvalue weighted by Gasteiger charge is -2.09. The van der Waals surface area contributed by atoms with Crippen LogP contribution in [-0.4, -0.2) is 22.9 Å². The number of rotatable bonds is 5. The predicted octanol–water partition coefficient (Wildman–Crippen LogP) is 4.20. The van der Waals surface area contributed by atoms with Gasteiger partial charge in [0.2, 0.25) is 0 Å². The molecule has 3 aromatic rings. The second-order valence-electron chi connectivity index (χ2n) is 6.21. The highest BCUT2D eigenvalue weighted by atomic mass is 16.4. The molecule has 0 heterocycles. The van der Waals surface area contributed by atoms with E-state index in [9.17, 15) is 19.5 Å². The van der Waals surface area contributed by atoms with E-state index in [1.54, 1.807) is 48.5 Å². The summed E-state index contributed by atoms with van der Waals surface area (Å²) in [5, 5.41) is 14.6. The summed E-state index contributed by atoms with van der Waals surface area (Å²) < 4.78 is 0. The number of carbonyl (C=O) groups excluding carboxylic acids is 2. The molecular weight excluding hydrogens is 356 g/mol. The topological polar surface area (TPSA) is 95.5 Å². The Morgan fingerprint density at radius 1 is 0.750 bits per heavy atom. The van der Waals surface area contributed by atoms with Crippen LogP contribution in [0, 0.1) is 6.92 Å². The summed E-state index contributed by atoms with van der Waals surface area (Å²) >= 11 is 0. The SMILES string of the molecule is Cc1cccc(C(=O)Nc2ccc(C(=O)Nc3ccccc3C(=O)O)cc2)c1. The summed E-state index contributed by atoms with van der Waals surface area (Å²) in [7, 11) is 0. The quantitative estimate of drug-likeness (QED) is 0.624. The minimum absolute atomic E-state index is 0.0119. The number of para-hydroxylation sites is 1. The first-order chi connectivity index (χ1) is 13.4. The molecule has 6 heteroatoms. The second-order valence-corrected chi connectivity index (χ2v) is 6.21. The maximum atomic E-state index is 12.4. The Kier molecular flexibility index (Phi) is 5.50. The van der Waals surface area contributed by atoms with Crippen LogP contribution in [0.3, 0.4) is 0 Å². The molecule has 0 aliphatic carbocycles. The monoisotopic (exact) mass is 374 g/mol. The second kappa shape index (κ2) is 8.18. The Balaban J connectivity index is 1.70. The summed E-state index contributed by atoms with van der Waals surface area (Å²) in [4.78, 5) is 35.9. The van der Waals surface area contributed by atoms with Crippen LogP contribution in [0.5, 0.6) is 0 Å². The normalized spacial score (nSPS) is 10.2. The number of aromatic carboxylic acids is 1. The standard InChI is InChI=1S/C22H18N2O4/c1-14-5-4-6-16(13-14)21(26)23-17-11-9-15(10-12-17)20(25)24-19-8-3-2-7-18(19)22(27)28/h2-13H,1H3,(H,23,26)(H,24,25)(H,27,28). The molecule has 0 saturated heterocycles. The van der Waals surface area contributed by atoms with Gasteiger partial charge in [0.05, 0.1) is 11.3 Å². The van der Waals surface area contributed by atoms with Crippen molar-refractivity contribution in [3.05, 3.63) is 95.1 Å². The van der Waals surface area contributed by atoms with Crippen LogP contribution in [0.1, 0.15) is 36.6 Å². The van der Waals surface area contributed by atoms with E-state index in [-0.39, 0.29) is 17.2 Å². The lowest BCUT2D eigenvalue weighted by molar-refractivity contribution is 0.0697. The molecule has 0 spiro atoms. The van der Waals surface area contributed by atoms with Crippen molar-refractivity contribution in [2.45, 2.75) is 6.92 Å². The molecule has 0 aromatic heterocycles. The van der Waals surface area contributed by atoms with Crippen molar-refractivity contribution in [2.24, 2.45) is 0 Å².